The number of hydrogen-bond donors (Lipinski definition) is 1. The Balaban J connectivity index is 3.35. The summed E-state index contributed by atoms with van der Waals surface area (Å²) in [6, 6.07) is 0. The van der Waals surface area contributed by atoms with Crippen molar-refractivity contribution in [2.24, 2.45) is 0 Å². The van der Waals surface area contributed by atoms with Gasteiger partial charge in [-0.2, -0.15) is 0 Å². The Labute approximate surface area is 36.8 Å². The first-order valence-electron chi connectivity index (χ1n) is 0.855. The number of aliphatic carboxylic acids is 1. The Morgan fingerprint density at radius 3 is 2.20 bits per heavy atom. The molecule has 0 fully saturated rings. The summed E-state index contributed by atoms with van der Waals surface area (Å²) < 4.78 is 1.69. The third-order valence-electron chi connectivity index (χ3n) is 0.0756. The second kappa shape index (κ2) is 2.03. The molecule has 0 aromatic carbocycles. The molecule has 0 radical (unpaired) electrons. The van der Waals surface area contributed by atoms with Gasteiger partial charge in [-0.05, 0) is 0 Å². The molecule has 0 rings (SSSR count). The Kier molecular flexibility index (Phi) is 1.94. The minimum absolute atomic E-state index is 1.11. The molecule has 0 spiro atoms. The zero-order chi connectivity index (χ0) is 4.28. The van der Waals surface area contributed by atoms with Gasteiger partial charge < -0.3 is 0 Å². The van der Waals surface area contributed by atoms with Crippen LogP contribution >= 0.6 is 0 Å². The molecule has 0 atom stereocenters. The normalized spacial score (nSPS) is 5.60. The first kappa shape index (κ1) is 4.77. The predicted molar refractivity (Wildman–Crippen MR) is 11.5 cm³/mol. The standard InChI is InChI=1S/C2HO2.Fe/c1-2(3)4;/h(H,3,4);. The molecule has 29 valence electrons. The first-order chi connectivity index (χ1) is 2.27. The second-order valence-electron chi connectivity index (χ2n) is 0.394. The van der Waals surface area contributed by atoms with Crippen molar-refractivity contribution in [3.05, 3.63) is 0 Å². The van der Waals surface area contributed by atoms with Gasteiger partial charge in [-0.1, -0.05) is 0 Å². The monoisotopic (exact) mass is 113 g/mol. The van der Waals surface area contributed by atoms with Crippen LogP contribution in [0.1, 0.15) is 0 Å². The van der Waals surface area contributed by atoms with Crippen LogP contribution < -0.4 is 0 Å². The molecular formula is C2HFeO2. The summed E-state index contributed by atoms with van der Waals surface area (Å²) in [7, 11) is 0. The summed E-state index contributed by atoms with van der Waals surface area (Å²) >= 11 is 2.84. The molecule has 0 amide bonds. The number of carbonyl (C=O) groups is 1. The van der Waals surface area contributed by atoms with Gasteiger partial charge in [0, 0.05) is 0 Å². The van der Waals surface area contributed by atoms with Crippen LogP contribution in [0.15, 0.2) is 0 Å². The van der Waals surface area contributed by atoms with E-state index in [1.165, 1.54) is 0 Å². The van der Waals surface area contributed by atoms with Crippen LogP contribution in [0.4, 0.5) is 0 Å². The van der Waals surface area contributed by atoms with E-state index in [1.807, 2.05) is 0 Å². The first-order valence-corrected chi connectivity index (χ1v) is 1.41. The van der Waals surface area contributed by atoms with Crippen LogP contribution in [0.2, 0.25) is 0 Å². The number of rotatable bonds is 0. The van der Waals surface area contributed by atoms with E-state index < -0.39 is 5.97 Å². The molecule has 0 heterocycles. The van der Waals surface area contributed by atoms with Crippen molar-refractivity contribution in [1.29, 1.82) is 0 Å². The maximum atomic E-state index is 9.19. The molecule has 0 aromatic rings. The van der Waals surface area contributed by atoms with Crippen molar-refractivity contribution >= 4 is 5.97 Å². The fourth-order valence-corrected chi connectivity index (χ4v) is 0. The van der Waals surface area contributed by atoms with Gasteiger partial charge in [0.05, 0.1) is 0 Å². The van der Waals surface area contributed by atoms with Gasteiger partial charge in [0.2, 0.25) is 0 Å². The van der Waals surface area contributed by atoms with E-state index in [2.05, 4.69) is 15.4 Å². The van der Waals surface area contributed by atoms with Crippen LogP contribution in [0.3, 0.4) is 0 Å². The van der Waals surface area contributed by atoms with Crippen molar-refractivity contribution in [2.75, 3.05) is 0 Å². The molecule has 0 saturated carbocycles. The topological polar surface area (TPSA) is 37.3 Å². The summed E-state index contributed by atoms with van der Waals surface area (Å²) in [5, 5.41) is 7.55. The van der Waals surface area contributed by atoms with Gasteiger partial charge in [0.1, 0.15) is 0 Å². The second-order valence-corrected chi connectivity index (χ2v) is 0.670. The van der Waals surface area contributed by atoms with Crippen molar-refractivity contribution < 1.29 is 25.3 Å². The zero-order valence-electron chi connectivity index (χ0n) is 2.21. The molecule has 3 heteroatoms. The van der Waals surface area contributed by atoms with Crippen LogP contribution in [0.5, 0.6) is 0 Å². The molecule has 0 aliphatic carbocycles. The van der Waals surface area contributed by atoms with Gasteiger partial charge in [0.15, 0.2) is 0 Å². The Hall–Kier alpha value is -0.231. The summed E-state index contributed by atoms with van der Waals surface area (Å²) in [6.07, 6.45) is 0. The molecular weight excluding hydrogens is 112 g/mol. The zero-order valence-corrected chi connectivity index (χ0v) is 3.31. The SMILES string of the molecule is O=C(O)[C]#[Fe]. The molecule has 0 aliphatic heterocycles. The Bertz CT molecular complexity index is 80.1. The summed E-state index contributed by atoms with van der Waals surface area (Å²) in [5.74, 6) is -1.11. The quantitative estimate of drug-likeness (QED) is 0.433. The van der Waals surface area contributed by atoms with Gasteiger partial charge >= 0.3 is 36.0 Å². The van der Waals surface area contributed by atoms with Gasteiger partial charge in [-0.25, -0.2) is 0 Å². The van der Waals surface area contributed by atoms with Crippen LogP contribution in [-0.2, 0) is 20.2 Å². The van der Waals surface area contributed by atoms with E-state index in [4.69, 9.17) is 5.11 Å². The summed E-state index contributed by atoms with van der Waals surface area (Å²) in [4.78, 5) is 9.19. The van der Waals surface area contributed by atoms with Gasteiger partial charge in [-0.15, -0.1) is 0 Å². The molecule has 2 nitrogen and oxygen atoms in total. The van der Waals surface area contributed by atoms with Gasteiger partial charge in [0.25, 0.3) is 0 Å². The fourth-order valence-electron chi connectivity index (χ4n) is 0. The summed E-state index contributed by atoms with van der Waals surface area (Å²) in [5.41, 5.74) is 0. The number of hydrogen-bond acceptors (Lipinski definition) is 1. The maximum absolute atomic E-state index is 9.19. The van der Waals surface area contributed by atoms with Crippen molar-refractivity contribution in [1.82, 2.24) is 0 Å². The number of carboxylic acids is 1. The third kappa shape index (κ3) is 3.77. The number of carboxylic acid groups (broad SMARTS) is 1. The Morgan fingerprint density at radius 2 is 2.20 bits per heavy atom. The third-order valence-corrected chi connectivity index (χ3v) is 0.312. The van der Waals surface area contributed by atoms with E-state index in [1.54, 1.807) is 4.73 Å². The Morgan fingerprint density at radius 1 is 2.00 bits per heavy atom. The van der Waals surface area contributed by atoms with E-state index >= 15 is 0 Å². The summed E-state index contributed by atoms with van der Waals surface area (Å²) in [6.45, 7) is 0. The molecule has 0 aromatic heterocycles. The van der Waals surface area contributed by atoms with E-state index in [9.17, 15) is 4.79 Å². The van der Waals surface area contributed by atoms with Crippen LogP contribution in [0.25, 0.3) is 0 Å². The average molecular weight is 113 g/mol. The average Bonchev–Trinajstić information content (AvgIpc) is 1.38. The predicted octanol–water partition coefficient (Wildman–Crippen LogP) is -0.423. The van der Waals surface area contributed by atoms with E-state index in [0.29, 0.717) is 0 Å². The van der Waals surface area contributed by atoms with E-state index in [0.717, 1.165) is 0 Å². The molecule has 0 bridgehead atoms. The minimum atomic E-state index is -1.11. The van der Waals surface area contributed by atoms with Gasteiger partial charge in [-0.3, -0.25) is 0 Å². The molecule has 5 heavy (non-hydrogen) atoms. The molecule has 0 unspecified atom stereocenters. The van der Waals surface area contributed by atoms with Crippen LogP contribution in [-0.4, -0.2) is 11.1 Å². The molecule has 1 N–H and O–H groups in total. The van der Waals surface area contributed by atoms with Crippen molar-refractivity contribution in [3.8, 4) is 4.73 Å². The molecule has 0 aliphatic rings. The fraction of sp³-hybridized carbons (Fsp3) is 0. The van der Waals surface area contributed by atoms with E-state index in [-0.39, 0.29) is 0 Å². The van der Waals surface area contributed by atoms with Crippen molar-refractivity contribution in [3.63, 3.8) is 0 Å². The molecule has 0 saturated heterocycles. The van der Waals surface area contributed by atoms with Crippen molar-refractivity contribution in [2.45, 2.75) is 0 Å². The van der Waals surface area contributed by atoms with Crippen LogP contribution in [0, 0.1) is 4.73 Å².